The zero-order valence-electron chi connectivity index (χ0n) is 15.5. The molecule has 9 heteroatoms. The number of fused-ring (bicyclic) bond motifs is 1. The number of benzene rings is 2. The van der Waals surface area contributed by atoms with E-state index in [4.69, 9.17) is 26.2 Å². The van der Waals surface area contributed by atoms with E-state index in [1.54, 1.807) is 30.3 Å². The first-order valence-corrected chi connectivity index (χ1v) is 9.27. The molecule has 8 nitrogen and oxygen atoms in total. The largest absolute Gasteiger partial charge is 0.513 e. The fourth-order valence-electron chi connectivity index (χ4n) is 2.92. The monoisotopic (exact) mass is 421 g/mol. The number of carbonyl (C=O) groups excluding carboxylic acids is 1. The van der Waals surface area contributed by atoms with Crippen LogP contribution in [0.25, 0.3) is 0 Å². The molecule has 0 saturated heterocycles. The van der Waals surface area contributed by atoms with Crippen LogP contribution in [0.1, 0.15) is 24.2 Å². The van der Waals surface area contributed by atoms with Gasteiger partial charge in [-0.15, -0.1) is 0 Å². The Bertz CT molecular complexity index is 904. The maximum absolute atomic E-state index is 11.6. The van der Waals surface area contributed by atoms with Crippen LogP contribution in [-0.4, -0.2) is 41.2 Å². The van der Waals surface area contributed by atoms with Crippen LogP contribution in [0.15, 0.2) is 42.5 Å². The normalized spacial score (nSPS) is 16.9. The van der Waals surface area contributed by atoms with Crippen molar-refractivity contribution in [2.75, 3.05) is 6.54 Å². The molecule has 3 rings (SSSR count). The summed E-state index contributed by atoms with van der Waals surface area (Å²) in [6.07, 6.45) is -3.23. The summed E-state index contributed by atoms with van der Waals surface area (Å²) in [6.45, 7) is 2.33. The molecule has 0 spiro atoms. The van der Waals surface area contributed by atoms with Crippen LogP contribution >= 0.6 is 11.6 Å². The molecule has 2 aromatic rings. The van der Waals surface area contributed by atoms with Gasteiger partial charge in [-0.25, -0.2) is 9.59 Å². The molecule has 0 aliphatic carbocycles. The Kier molecular flexibility index (Phi) is 6.58. The van der Waals surface area contributed by atoms with Crippen molar-refractivity contribution in [3.05, 3.63) is 58.6 Å². The highest BCUT2D eigenvalue weighted by molar-refractivity contribution is 6.30. The van der Waals surface area contributed by atoms with Crippen LogP contribution in [-0.2, 0) is 16.0 Å². The summed E-state index contributed by atoms with van der Waals surface area (Å²) in [5.74, 6) is -0.473. The summed E-state index contributed by atoms with van der Waals surface area (Å²) in [4.78, 5) is 22.0. The Morgan fingerprint density at radius 1 is 1.21 bits per heavy atom. The van der Waals surface area contributed by atoms with Gasteiger partial charge >= 0.3 is 18.4 Å². The first-order valence-electron chi connectivity index (χ1n) is 8.89. The first-order chi connectivity index (χ1) is 13.8. The van der Waals surface area contributed by atoms with Crippen molar-refractivity contribution in [2.24, 2.45) is 0 Å². The molecule has 0 bridgehead atoms. The number of esters is 1. The van der Waals surface area contributed by atoms with Gasteiger partial charge in [0.1, 0.15) is 0 Å². The van der Waals surface area contributed by atoms with Gasteiger partial charge in [0.05, 0.1) is 6.10 Å². The molecule has 3 atom stereocenters. The minimum atomic E-state index is -1.72. The van der Waals surface area contributed by atoms with Crippen molar-refractivity contribution in [1.29, 1.82) is 0 Å². The Labute approximate surface area is 172 Å². The molecule has 1 heterocycles. The van der Waals surface area contributed by atoms with Gasteiger partial charge < -0.3 is 29.7 Å². The minimum absolute atomic E-state index is 0.0389. The topological polar surface area (TPSA) is 114 Å². The van der Waals surface area contributed by atoms with Crippen molar-refractivity contribution in [2.45, 2.75) is 31.8 Å². The number of hydrogen-bond donors (Lipinski definition) is 3. The third-order valence-electron chi connectivity index (χ3n) is 4.29. The number of nitrogens with one attached hydrogen (secondary N) is 1. The van der Waals surface area contributed by atoms with E-state index in [1.165, 1.54) is 0 Å². The Morgan fingerprint density at radius 3 is 2.69 bits per heavy atom. The van der Waals surface area contributed by atoms with Crippen molar-refractivity contribution in [3.8, 4) is 11.5 Å². The van der Waals surface area contributed by atoms with Gasteiger partial charge in [0.15, 0.2) is 11.5 Å². The fraction of sp³-hybridized carbons (Fsp3) is 0.300. The van der Waals surface area contributed by atoms with Gasteiger partial charge in [0.2, 0.25) is 0 Å². The first kappa shape index (κ1) is 20.9. The second-order valence-corrected chi connectivity index (χ2v) is 7.06. The zero-order chi connectivity index (χ0) is 21.0. The number of carboxylic acid groups (broad SMARTS) is 1. The Morgan fingerprint density at radius 2 is 1.97 bits per heavy atom. The number of hydrogen-bond acceptors (Lipinski definition) is 7. The third-order valence-corrected chi connectivity index (χ3v) is 4.53. The average Bonchev–Trinajstić information content (AvgIpc) is 3.09. The maximum Gasteiger partial charge on any atom is 0.513 e. The molecule has 2 aromatic carbocycles. The Balaban J connectivity index is 1.53. The molecule has 0 aromatic heterocycles. The lowest BCUT2D eigenvalue weighted by Gasteiger charge is -2.18. The van der Waals surface area contributed by atoms with E-state index in [-0.39, 0.29) is 6.04 Å². The van der Waals surface area contributed by atoms with Crippen LogP contribution < -0.4 is 14.8 Å². The molecule has 0 unspecified atom stereocenters. The SMILES string of the molecule is C[C@@H](Cc1ccc2c(c1)O[C@@H](C(=O)OC(=O)O)O2)NC[C@H](O)c1cccc(Cl)c1. The summed E-state index contributed by atoms with van der Waals surface area (Å²) in [7, 11) is 0. The van der Waals surface area contributed by atoms with Gasteiger partial charge in [0, 0.05) is 17.6 Å². The molecule has 0 radical (unpaired) electrons. The van der Waals surface area contributed by atoms with Crippen LogP contribution in [0, 0.1) is 0 Å². The van der Waals surface area contributed by atoms with E-state index in [9.17, 15) is 14.7 Å². The number of aliphatic hydroxyl groups excluding tert-OH is 1. The second-order valence-electron chi connectivity index (χ2n) is 6.62. The summed E-state index contributed by atoms with van der Waals surface area (Å²) in [6, 6.07) is 12.3. The number of halogens is 1. The van der Waals surface area contributed by atoms with E-state index >= 15 is 0 Å². The molecular formula is C20H20ClNO7. The summed E-state index contributed by atoms with van der Waals surface area (Å²) >= 11 is 5.95. The molecule has 0 amide bonds. The van der Waals surface area contributed by atoms with E-state index in [2.05, 4.69) is 10.1 Å². The number of rotatable bonds is 7. The van der Waals surface area contributed by atoms with Crippen molar-refractivity contribution in [1.82, 2.24) is 5.32 Å². The Hall–Kier alpha value is -2.81. The summed E-state index contributed by atoms with van der Waals surface area (Å²) < 4.78 is 14.6. The lowest BCUT2D eigenvalue weighted by molar-refractivity contribution is -0.156. The number of aliphatic hydroxyl groups is 1. The predicted octanol–water partition coefficient (Wildman–Crippen LogP) is 2.91. The standard InChI is InChI=1S/C20H20ClNO7/c1-11(22-10-15(23)13-3-2-4-14(21)9-13)7-12-5-6-16-17(8-12)28-19(27-16)18(24)29-20(25)26/h2-6,8-9,11,15,19,22-23H,7,10H2,1H3,(H,25,26)/t11-,15-,19-/m0/s1. The molecule has 0 saturated carbocycles. The van der Waals surface area contributed by atoms with Gasteiger partial charge in [-0.05, 0) is 48.7 Å². The van der Waals surface area contributed by atoms with Gasteiger partial charge in [-0.1, -0.05) is 29.8 Å². The average molecular weight is 422 g/mol. The van der Waals surface area contributed by atoms with Gasteiger partial charge in [-0.2, -0.15) is 0 Å². The van der Waals surface area contributed by atoms with Crippen LogP contribution in [0.2, 0.25) is 5.02 Å². The molecule has 1 aliphatic heterocycles. The minimum Gasteiger partial charge on any atom is -0.449 e. The molecular weight excluding hydrogens is 402 g/mol. The molecule has 0 fully saturated rings. The highest BCUT2D eigenvalue weighted by atomic mass is 35.5. The van der Waals surface area contributed by atoms with Gasteiger partial charge in [0.25, 0.3) is 0 Å². The highest BCUT2D eigenvalue weighted by Gasteiger charge is 2.34. The van der Waals surface area contributed by atoms with Gasteiger partial charge in [-0.3, -0.25) is 0 Å². The van der Waals surface area contributed by atoms with Crippen LogP contribution in [0.5, 0.6) is 11.5 Å². The second kappa shape index (κ2) is 9.13. The lowest BCUT2D eigenvalue weighted by Crippen LogP contribution is -2.32. The lowest BCUT2D eigenvalue weighted by atomic mass is 10.1. The summed E-state index contributed by atoms with van der Waals surface area (Å²) in [5.41, 5.74) is 1.65. The number of ether oxygens (including phenoxy) is 3. The molecule has 154 valence electrons. The predicted molar refractivity (Wildman–Crippen MR) is 103 cm³/mol. The van der Waals surface area contributed by atoms with Crippen molar-refractivity contribution in [3.63, 3.8) is 0 Å². The molecule has 1 aliphatic rings. The third kappa shape index (κ3) is 5.60. The maximum atomic E-state index is 11.6. The molecule has 3 N–H and O–H groups in total. The van der Waals surface area contributed by atoms with Crippen LogP contribution in [0.4, 0.5) is 4.79 Å². The van der Waals surface area contributed by atoms with E-state index < -0.39 is 24.5 Å². The van der Waals surface area contributed by atoms with E-state index in [0.717, 1.165) is 11.1 Å². The smallest absolute Gasteiger partial charge is 0.449 e. The fourth-order valence-corrected chi connectivity index (χ4v) is 3.12. The summed E-state index contributed by atoms with van der Waals surface area (Å²) in [5, 5.41) is 22.6. The molecule has 29 heavy (non-hydrogen) atoms. The van der Waals surface area contributed by atoms with Crippen molar-refractivity contribution >= 4 is 23.7 Å². The van der Waals surface area contributed by atoms with Crippen molar-refractivity contribution < 1.29 is 34.0 Å². The number of carbonyl (C=O) groups is 2. The quantitative estimate of drug-likeness (QED) is 0.462. The highest BCUT2D eigenvalue weighted by Crippen LogP contribution is 2.36. The van der Waals surface area contributed by atoms with Crippen LogP contribution in [0.3, 0.4) is 0 Å². The van der Waals surface area contributed by atoms with E-state index in [0.29, 0.717) is 29.5 Å². The zero-order valence-corrected chi connectivity index (χ0v) is 16.3. The van der Waals surface area contributed by atoms with E-state index in [1.807, 2.05) is 19.1 Å².